The van der Waals surface area contributed by atoms with Gasteiger partial charge in [0.15, 0.2) is 0 Å². The maximum absolute atomic E-state index is 12.0. The molecule has 0 atom stereocenters. The molecule has 0 aliphatic heterocycles. The van der Waals surface area contributed by atoms with Gasteiger partial charge in [-0.1, -0.05) is 0 Å². The zero-order valence-electron chi connectivity index (χ0n) is 9.27. The second-order valence-electron chi connectivity index (χ2n) is 3.69. The normalized spacial score (nSPS) is 11.1. The summed E-state index contributed by atoms with van der Waals surface area (Å²) in [5.74, 6) is 0. The van der Waals surface area contributed by atoms with Crippen LogP contribution in [0.2, 0.25) is 0 Å². The van der Waals surface area contributed by atoms with Crippen LogP contribution in [0, 0.1) is 0 Å². The van der Waals surface area contributed by atoms with Crippen molar-refractivity contribution in [3.8, 4) is 0 Å². The van der Waals surface area contributed by atoms with Crippen LogP contribution in [-0.2, 0) is 6.54 Å². The van der Waals surface area contributed by atoms with Crippen LogP contribution in [0.15, 0.2) is 22.6 Å². The van der Waals surface area contributed by atoms with Crippen molar-refractivity contribution in [1.29, 1.82) is 0 Å². The summed E-state index contributed by atoms with van der Waals surface area (Å²) in [6, 6.07) is 1.85. The van der Waals surface area contributed by atoms with Gasteiger partial charge in [0.1, 0.15) is 4.83 Å². The van der Waals surface area contributed by atoms with Crippen LogP contribution in [0.5, 0.6) is 0 Å². The van der Waals surface area contributed by atoms with Crippen molar-refractivity contribution in [2.45, 2.75) is 19.4 Å². The minimum atomic E-state index is 0.0794. The Morgan fingerprint density at radius 1 is 1.50 bits per heavy atom. The fourth-order valence-corrected chi connectivity index (χ4v) is 2.36. The van der Waals surface area contributed by atoms with Crippen LogP contribution in [0.4, 0.5) is 0 Å². The van der Waals surface area contributed by atoms with E-state index in [0.717, 1.165) is 36.1 Å². The first-order chi connectivity index (χ1) is 7.83. The molecular formula is C11H15N3OS. The summed E-state index contributed by atoms with van der Waals surface area (Å²) >= 11 is 1.51. The Balaban J connectivity index is 2.12. The number of nitrogens with zero attached hydrogens (tertiary/aromatic N) is 2. The van der Waals surface area contributed by atoms with E-state index in [4.69, 9.17) is 0 Å². The minimum Gasteiger partial charge on any atom is -0.320 e. The Bertz CT molecular complexity index is 517. The lowest BCUT2D eigenvalue weighted by molar-refractivity contribution is 0.575. The Hall–Kier alpha value is -1.20. The van der Waals surface area contributed by atoms with Gasteiger partial charge in [-0.2, -0.15) is 0 Å². The summed E-state index contributed by atoms with van der Waals surface area (Å²) < 4.78 is 1.70. The Morgan fingerprint density at radius 2 is 2.38 bits per heavy atom. The number of nitrogens with one attached hydrogen (secondary N) is 1. The Labute approximate surface area is 97.9 Å². The molecule has 0 aromatic carbocycles. The van der Waals surface area contributed by atoms with E-state index in [2.05, 4.69) is 10.3 Å². The summed E-state index contributed by atoms with van der Waals surface area (Å²) in [5, 5.41) is 5.74. The van der Waals surface area contributed by atoms with Gasteiger partial charge in [0, 0.05) is 6.54 Å². The number of fused-ring (bicyclic) bond motifs is 1. The number of rotatable bonds is 5. The molecule has 1 N–H and O–H groups in total. The van der Waals surface area contributed by atoms with Crippen LogP contribution in [0.3, 0.4) is 0 Å². The van der Waals surface area contributed by atoms with E-state index in [-0.39, 0.29) is 5.56 Å². The van der Waals surface area contributed by atoms with Crippen molar-refractivity contribution < 1.29 is 0 Å². The number of hydrogen-bond donors (Lipinski definition) is 1. The summed E-state index contributed by atoms with van der Waals surface area (Å²) in [6.45, 7) is 1.74. The molecular weight excluding hydrogens is 222 g/mol. The largest absolute Gasteiger partial charge is 0.320 e. The SMILES string of the molecule is CNCCCCn1cnc2sccc2c1=O. The van der Waals surface area contributed by atoms with Gasteiger partial charge in [0.05, 0.1) is 11.7 Å². The standard InChI is InChI=1S/C11H15N3OS/c1-12-5-2-3-6-14-8-13-10-9(11(14)15)4-7-16-10/h4,7-8,12H,2-3,5-6H2,1H3. The molecule has 0 amide bonds. The van der Waals surface area contributed by atoms with Gasteiger partial charge in [-0.05, 0) is 37.9 Å². The highest BCUT2D eigenvalue weighted by Crippen LogP contribution is 2.13. The third-order valence-corrected chi connectivity index (χ3v) is 3.35. The minimum absolute atomic E-state index is 0.0794. The number of thiophene rings is 1. The van der Waals surface area contributed by atoms with Crippen molar-refractivity contribution >= 4 is 21.6 Å². The smallest absolute Gasteiger partial charge is 0.262 e. The van der Waals surface area contributed by atoms with E-state index in [1.165, 1.54) is 11.3 Å². The Morgan fingerprint density at radius 3 is 3.19 bits per heavy atom. The molecule has 0 unspecified atom stereocenters. The number of hydrogen-bond acceptors (Lipinski definition) is 4. The average molecular weight is 237 g/mol. The lowest BCUT2D eigenvalue weighted by Crippen LogP contribution is -2.20. The predicted octanol–water partition coefficient (Wildman–Crippen LogP) is 1.46. The molecule has 0 saturated heterocycles. The molecule has 0 aliphatic rings. The maximum Gasteiger partial charge on any atom is 0.262 e. The fourth-order valence-electron chi connectivity index (χ4n) is 1.64. The van der Waals surface area contributed by atoms with Gasteiger partial charge in [0.25, 0.3) is 5.56 Å². The molecule has 0 fully saturated rings. The maximum atomic E-state index is 12.0. The van der Waals surface area contributed by atoms with E-state index in [0.29, 0.717) is 0 Å². The van der Waals surface area contributed by atoms with Crippen molar-refractivity contribution in [3.05, 3.63) is 28.1 Å². The number of unbranched alkanes of at least 4 members (excludes halogenated alkanes) is 1. The molecule has 4 nitrogen and oxygen atoms in total. The molecule has 2 heterocycles. The van der Waals surface area contributed by atoms with Crippen LogP contribution in [-0.4, -0.2) is 23.1 Å². The lowest BCUT2D eigenvalue weighted by Gasteiger charge is -2.04. The summed E-state index contributed by atoms with van der Waals surface area (Å²) in [6.07, 6.45) is 3.73. The van der Waals surface area contributed by atoms with Crippen molar-refractivity contribution in [2.75, 3.05) is 13.6 Å². The molecule has 2 rings (SSSR count). The molecule has 5 heteroatoms. The van der Waals surface area contributed by atoms with Crippen molar-refractivity contribution in [1.82, 2.24) is 14.9 Å². The summed E-state index contributed by atoms with van der Waals surface area (Å²) in [5.41, 5.74) is 0.0794. The average Bonchev–Trinajstić information content (AvgIpc) is 2.76. The second-order valence-corrected chi connectivity index (χ2v) is 4.59. The molecule has 0 saturated carbocycles. The van der Waals surface area contributed by atoms with Gasteiger partial charge in [-0.15, -0.1) is 11.3 Å². The van der Waals surface area contributed by atoms with E-state index >= 15 is 0 Å². The van der Waals surface area contributed by atoms with Crippen molar-refractivity contribution in [2.24, 2.45) is 0 Å². The topological polar surface area (TPSA) is 46.9 Å². The highest BCUT2D eigenvalue weighted by Gasteiger charge is 2.03. The lowest BCUT2D eigenvalue weighted by atomic mass is 10.3. The van der Waals surface area contributed by atoms with Gasteiger partial charge in [0.2, 0.25) is 0 Å². The number of aromatic nitrogens is 2. The first-order valence-electron chi connectivity index (χ1n) is 5.40. The second kappa shape index (κ2) is 5.23. The van der Waals surface area contributed by atoms with E-state index in [1.807, 2.05) is 18.5 Å². The first kappa shape index (κ1) is 11.3. The third kappa shape index (κ3) is 2.31. The molecule has 0 bridgehead atoms. The summed E-state index contributed by atoms with van der Waals surface area (Å²) in [4.78, 5) is 17.1. The molecule has 0 aliphatic carbocycles. The van der Waals surface area contributed by atoms with E-state index in [9.17, 15) is 4.79 Å². The Kier molecular flexibility index (Phi) is 3.69. The fraction of sp³-hybridized carbons (Fsp3) is 0.455. The highest BCUT2D eigenvalue weighted by molar-refractivity contribution is 7.16. The molecule has 86 valence electrons. The number of aryl methyl sites for hydroxylation is 1. The van der Waals surface area contributed by atoms with Crippen LogP contribution >= 0.6 is 11.3 Å². The molecule has 0 radical (unpaired) electrons. The van der Waals surface area contributed by atoms with Crippen LogP contribution < -0.4 is 10.9 Å². The van der Waals surface area contributed by atoms with Crippen LogP contribution in [0.1, 0.15) is 12.8 Å². The summed E-state index contributed by atoms with van der Waals surface area (Å²) in [7, 11) is 1.94. The van der Waals surface area contributed by atoms with E-state index in [1.54, 1.807) is 10.9 Å². The monoisotopic (exact) mass is 237 g/mol. The van der Waals surface area contributed by atoms with E-state index < -0.39 is 0 Å². The molecule has 2 aromatic rings. The quantitative estimate of drug-likeness (QED) is 0.801. The van der Waals surface area contributed by atoms with Gasteiger partial charge >= 0.3 is 0 Å². The molecule has 2 aromatic heterocycles. The molecule has 16 heavy (non-hydrogen) atoms. The third-order valence-electron chi connectivity index (χ3n) is 2.53. The first-order valence-corrected chi connectivity index (χ1v) is 6.28. The predicted molar refractivity (Wildman–Crippen MR) is 67.0 cm³/mol. The van der Waals surface area contributed by atoms with Gasteiger partial charge in [-0.3, -0.25) is 9.36 Å². The van der Waals surface area contributed by atoms with Gasteiger partial charge in [-0.25, -0.2) is 4.98 Å². The molecule has 0 spiro atoms. The zero-order valence-corrected chi connectivity index (χ0v) is 10.1. The zero-order chi connectivity index (χ0) is 11.4. The van der Waals surface area contributed by atoms with Crippen LogP contribution in [0.25, 0.3) is 10.2 Å². The van der Waals surface area contributed by atoms with Crippen molar-refractivity contribution in [3.63, 3.8) is 0 Å². The van der Waals surface area contributed by atoms with Gasteiger partial charge < -0.3 is 5.32 Å². The highest BCUT2D eigenvalue weighted by atomic mass is 32.1.